The molecule has 114 valence electrons. The van der Waals surface area contributed by atoms with Crippen molar-refractivity contribution >= 4 is 26.8 Å². The number of nitrogens with zero attached hydrogens (tertiary/aromatic N) is 1. The lowest BCUT2D eigenvalue weighted by molar-refractivity contribution is 0.419. The molecule has 0 saturated carbocycles. The van der Waals surface area contributed by atoms with E-state index in [0.29, 0.717) is 0 Å². The van der Waals surface area contributed by atoms with Crippen molar-refractivity contribution in [2.45, 2.75) is 46.1 Å². The number of benzene rings is 1. The van der Waals surface area contributed by atoms with Crippen molar-refractivity contribution in [2.24, 2.45) is 5.92 Å². The molecule has 0 aliphatic rings. The Morgan fingerprint density at radius 1 is 1.24 bits per heavy atom. The summed E-state index contributed by atoms with van der Waals surface area (Å²) in [5, 5.41) is 4.81. The van der Waals surface area contributed by atoms with Crippen molar-refractivity contribution < 1.29 is 0 Å². The summed E-state index contributed by atoms with van der Waals surface area (Å²) in [5.41, 5.74) is 2.38. The van der Waals surface area contributed by atoms with Crippen molar-refractivity contribution in [1.82, 2.24) is 10.3 Å². The molecule has 0 aliphatic heterocycles. The van der Waals surface area contributed by atoms with Crippen LogP contribution in [0, 0.1) is 5.92 Å². The molecule has 2 rings (SSSR count). The van der Waals surface area contributed by atoms with Crippen molar-refractivity contribution in [2.75, 3.05) is 6.54 Å². The number of rotatable bonds is 8. The van der Waals surface area contributed by atoms with Gasteiger partial charge in [0.25, 0.3) is 0 Å². The summed E-state index contributed by atoms with van der Waals surface area (Å²) in [7, 11) is 0. The van der Waals surface area contributed by atoms with Gasteiger partial charge in [-0.2, -0.15) is 0 Å². The van der Waals surface area contributed by atoms with E-state index in [1.54, 1.807) is 0 Å². The maximum absolute atomic E-state index is 4.54. The summed E-state index contributed by atoms with van der Waals surface area (Å²) >= 11 is 3.60. The summed E-state index contributed by atoms with van der Waals surface area (Å²) in [5.74, 6) is 0.791. The summed E-state index contributed by atoms with van der Waals surface area (Å²) in [4.78, 5) is 4.54. The second kappa shape index (κ2) is 8.50. The molecule has 0 aliphatic carbocycles. The van der Waals surface area contributed by atoms with Crippen LogP contribution in [-0.2, 0) is 6.54 Å². The number of hydrogen-bond donors (Lipinski definition) is 1. The van der Waals surface area contributed by atoms with E-state index in [-0.39, 0.29) is 0 Å². The Hall–Kier alpha value is -0.930. The average molecular weight is 349 g/mol. The third-order valence-electron chi connectivity index (χ3n) is 4.09. The molecule has 0 radical (unpaired) electrons. The fraction of sp³-hybridized carbons (Fsp3) is 0.500. The molecule has 3 heteroatoms. The minimum absolute atomic E-state index is 0.791. The predicted molar refractivity (Wildman–Crippen MR) is 94.5 cm³/mol. The van der Waals surface area contributed by atoms with E-state index in [0.717, 1.165) is 29.0 Å². The summed E-state index contributed by atoms with van der Waals surface area (Å²) < 4.78 is 1.11. The summed E-state index contributed by atoms with van der Waals surface area (Å²) in [6.07, 6.45) is 7.08. The highest BCUT2D eigenvalue weighted by Gasteiger charge is 2.08. The number of fused-ring (bicyclic) bond motifs is 1. The quantitative estimate of drug-likeness (QED) is 0.699. The molecular formula is C18H25BrN2. The van der Waals surface area contributed by atoms with E-state index < -0.39 is 0 Å². The van der Waals surface area contributed by atoms with E-state index in [4.69, 9.17) is 0 Å². The second-order valence-corrected chi connectivity index (χ2v) is 6.51. The monoisotopic (exact) mass is 348 g/mol. The first kappa shape index (κ1) is 16.4. The lowest BCUT2D eigenvalue weighted by atomic mass is 9.99. The van der Waals surface area contributed by atoms with Crippen LogP contribution in [0.25, 0.3) is 10.9 Å². The van der Waals surface area contributed by atoms with Gasteiger partial charge in [0.05, 0.1) is 5.52 Å². The predicted octanol–water partition coefficient (Wildman–Crippen LogP) is 5.30. The topological polar surface area (TPSA) is 24.9 Å². The molecule has 1 aromatic heterocycles. The highest BCUT2D eigenvalue weighted by molar-refractivity contribution is 9.10. The fourth-order valence-corrected chi connectivity index (χ4v) is 3.15. The molecule has 21 heavy (non-hydrogen) atoms. The zero-order chi connectivity index (χ0) is 15.1. The Balaban J connectivity index is 1.99. The van der Waals surface area contributed by atoms with Gasteiger partial charge in [0.1, 0.15) is 0 Å². The van der Waals surface area contributed by atoms with Crippen molar-refractivity contribution in [3.8, 4) is 0 Å². The first-order chi connectivity index (χ1) is 10.3. The van der Waals surface area contributed by atoms with Crippen molar-refractivity contribution in [1.29, 1.82) is 0 Å². The lowest BCUT2D eigenvalue weighted by Crippen LogP contribution is -2.22. The van der Waals surface area contributed by atoms with Gasteiger partial charge in [-0.1, -0.05) is 61.2 Å². The van der Waals surface area contributed by atoms with E-state index in [2.05, 4.69) is 58.3 Å². The number of nitrogens with one attached hydrogen (secondary N) is 1. The molecule has 0 spiro atoms. The molecule has 0 fully saturated rings. The van der Waals surface area contributed by atoms with E-state index in [1.165, 1.54) is 36.6 Å². The van der Waals surface area contributed by atoms with E-state index in [9.17, 15) is 0 Å². The zero-order valence-corrected chi connectivity index (χ0v) is 14.6. The van der Waals surface area contributed by atoms with Gasteiger partial charge in [-0.15, -0.1) is 0 Å². The Labute approximate surface area is 136 Å². The second-order valence-electron chi connectivity index (χ2n) is 5.65. The molecule has 0 bridgehead atoms. The molecule has 1 N–H and O–H groups in total. The fourth-order valence-electron chi connectivity index (χ4n) is 2.69. The van der Waals surface area contributed by atoms with Gasteiger partial charge in [0.15, 0.2) is 0 Å². The first-order valence-electron chi connectivity index (χ1n) is 7.99. The summed E-state index contributed by atoms with van der Waals surface area (Å²) in [6, 6.07) is 8.39. The normalized spacial score (nSPS) is 12.7. The van der Waals surface area contributed by atoms with Gasteiger partial charge in [-0.05, 0) is 36.6 Å². The Bertz CT molecular complexity index is 568. The van der Waals surface area contributed by atoms with Gasteiger partial charge in [-0.25, -0.2) is 0 Å². The molecule has 1 unspecified atom stereocenters. The molecule has 1 atom stereocenters. The van der Waals surface area contributed by atoms with Crippen LogP contribution in [0.15, 0.2) is 34.9 Å². The third-order valence-corrected chi connectivity index (χ3v) is 4.78. The standard InChI is InChI=1S/C18H25BrN2/c1-3-5-7-14(4-2)12-20-13-15-9-10-17(19)16-8-6-11-21-18(15)16/h6,8-11,14,20H,3-5,7,12-13H2,1-2H3. The molecular weight excluding hydrogens is 324 g/mol. The molecule has 1 heterocycles. The van der Waals surface area contributed by atoms with E-state index >= 15 is 0 Å². The van der Waals surface area contributed by atoms with Crippen LogP contribution in [0.2, 0.25) is 0 Å². The van der Waals surface area contributed by atoms with Crippen LogP contribution < -0.4 is 5.32 Å². The number of unbranched alkanes of at least 4 members (excludes halogenated alkanes) is 1. The van der Waals surface area contributed by atoms with Gasteiger partial charge in [0, 0.05) is 22.6 Å². The van der Waals surface area contributed by atoms with Crippen LogP contribution in [0.4, 0.5) is 0 Å². The molecule has 1 aromatic carbocycles. The smallest absolute Gasteiger partial charge is 0.0758 e. The largest absolute Gasteiger partial charge is 0.312 e. The van der Waals surface area contributed by atoms with Gasteiger partial charge in [-0.3, -0.25) is 4.98 Å². The number of pyridine rings is 1. The summed E-state index contributed by atoms with van der Waals surface area (Å²) in [6.45, 7) is 6.54. The van der Waals surface area contributed by atoms with Crippen molar-refractivity contribution in [3.63, 3.8) is 0 Å². The Morgan fingerprint density at radius 2 is 2.10 bits per heavy atom. The minimum atomic E-state index is 0.791. The highest BCUT2D eigenvalue weighted by Crippen LogP contribution is 2.25. The minimum Gasteiger partial charge on any atom is -0.312 e. The molecule has 2 nitrogen and oxygen atoms in total. The van der Waals surface area contributed by atoms with Gasteiger partial charge in [0.2, 0.25) is 0 Å². The Morgan fingerprint density at radius 3 is 2.86 bits per heavy atom. The van der Waals surface area contributed by atoms with Crippen LogP contribution >= 0.6 is 15.9 Å². The molecule has 2 aromatic rings. The van der Waals surface area contributed by atoms with Crippen LogP contribution in [-0.4, -0.2) is 11.5 Å². The Kier molecular flexibility index (Phi) is 6.65. The lowest BCUT2D eigenvalue weighted by Gasteiger charge is -2.16. The van der Waals surface area contributed by atoms with E-state index in [1.807, 2.05) is 12.3 Å². The van der Waals surface area contributed by atoms with Crippen LogP contribution in [0.3, 0.4) is 0 Å². The molecule has 0 amide bonds. The maximum Gasteiger partial charge on any atom is 0.0758 e. The zero-order valence-electron chi connectivity index (χ0n) is 13.0. The molecule has 0 saturated heterocycles. The number of halogens is 1. The van der Waals surface area contributed by atoms with Crippen LogP contribution in [0.1, 0.15) is 45.1 Å². The first-order valence-corrected chi connectivity index (χ1v) is 8.78. The van der Waals surface area contributed by atoms with Crippen LogP contribution in [0.5, 0.6) is 0 Å². The highest BCUT2D eigenvalue weighted by atomic mass is 79.9. The SMILES string of the molecule is CCCCC(CC)CNCc1ccc(Br)c2cccnc12. The van der Waals surface area contributed by atoms with Crippen molar-refractivity contribution in [3.05, 3.63) is 40.5 Å². The van der Waals surface area contributed by atoms with Gasteiger partial charge >= 0.3 is 0 Å². The number of aromatic nitrogens is 1. The van der Waals surface area contributed by atoms with Gasteiger partial charge < -0.3 is 5.32 Å². The average Bonchev–Trinajstić information content (AvgIpc) is 2.53. The number of hydrogen-bond acceptors (Lipinski definition) is 2. The third kappa shape index (κ3) is 4.52. The maximum atomic E-state index is 4.54.